The van der Waals surface area contributed by atoms with E-state index in [1.54, 1.807) is 6.92 Å². The van der Waals surface area contributed by atoms with Crippen LogP contribution in [0.1, 0.15) is 20.3 Å². The minimum Gasteiger partial charge on any atom is -0.329 e. The van der Waals surface area contributed by atoms with Crippen LogP contribution in [0.5, 0.6) is 0 Å². The summed E-state index contributed by atoms with van der Waals surface area (Å²) in [5, 5.41) is 0. The fourth-order valence-electron chi connectivity index (χ4n) is 1.26. The third kappa shape index (κ3) is 3.49. The average Bonchev–Trinajstić information content (AvgIpc) is 2.29. The van der Waals surface area contributed by atoms with Crippen molar-refractivity contribution in [2.45, 2.75) is 30.7 Å². The SMILES string of the molecule is CCC(C)(CN)NS(=O)(=O)c1ccc(F)cc1. The summed E-state index contributed by atoms with van der Waals surface area (Å²) in [5.41, 5.74) is 4.85. The maximum absolute atomic E-state index is 12.7. The lowest BCUT2D eigenvalue weighted by atomic mass is 10.0. The van der Waals surface area contributed by atoms with Crippen LogP contribution in [-0.2, 0) is 10.0 Å². The van der Waals surface area contributed by atoms with Gasteiger partial charge in [-0.25, -0.2) is 17.5 Å². The molecule has 0 heterocycles. The van der Waals surface area contributed by atoms with Crippen LogP contribution in [-0.4, -0.2) is 20.5 Å². The Balaban J connectivity index is 3.00. The highest BCUT2D eigenvalue weighted by molar-refractivity contribution is 7.89. The second kappa shape index (κ2) is 5.12. The molecule has 96 valence electrons. The van der Waals surface area contributed by atoms with Gasteiger partial charge < -0.3 is 5.73 Å². The molecular weight excluding hydrogens is 243 g/mol. The molecule has 0 saturated heterocycles. The van der Waals surface area contributed by atoms with E-state index in [4.69, 9.17) is 5.73 Å². The lowest BCUT2D eigenvalue weighted by Crippen LogP contribution is -2.50. The summed E-state index contributed by atoms with van der Waals surface area (Å²) >= 11 is 0. The van der Waals surface area contributed by atoms with E-state index in [-0.39, 0.29) is 11.4 Å². The molecule has 1 unspecified atom stereocenters. The molecule has 4 nitrogen and oxygen atoms in total. The summed E-state index contributed by atoms with van der Waals surface area (Å²) in [6.07, 6.45) is 0.573. The number of benzene rings is 1. The van der Waals surface area contributed by atoms with Gasteiger partial charge in [-0.15, -0.1) is 0 Å². The van der Waals surface area contributed by atoms with Crippen molar-refractivity contribution in [2.75, 3.05) is 6.54 Å². The predicted octanol–water partition coefficient (Wildman–Crippen LogP) is 1.23. The van der Waals surface area contributed by atoms with Crippen LogP contribution in [0.2, 0.25) is 0 Å². The van der Waals surface area contributed by atoms with Crippen molar-refractivity contribution in [1.82, 2.24) is 4.72 Å². The zero-order valence-corrected chi connectivity index (χ0v) is 10.7. The molecule has 0 saturated carbocycles. The number of sulfonamides is 1. The summed E-state index contributed by atoms with van der Waals surface area (Å²) in [6, 6.07) is 4.68. The van der Waals surface area contributed by atoms with Crippen LogP contribution in [0.3, 0.4) is 0 Å². The Morgan fingerprint density at radius 2 is 1.88 bits per heavy atom. The Labute approximate surface area is 101 Å². The topological polar surface area (TPSA) is 72.2 Å². The second-order valence-electron chi connectivity index (χ2n) is 4.18. The molecule has 0 aliphatic carbocycles. The van der Waals surface area contributed by atoms with Gasteiger partial charge in [-0.3, -0.25) is 0 Å². The fraction of sp³-hybridized carbons (Fsp3) is 0.455. The molecule has 0 aliphatic rings. The molecule has 0 amide bonds. The van der Waals surface area contributed by atoms with Gasteiger partial charge in [-0.05, 0) is 37.6 Å². The van der Waals surface area contributed by atoms with E-state index < -0.39 is 21.4 Å². The van der Waals surface area contributed by atoms with E-state index in [0.717, 1.165) is 12.1 Å². The summed E-state index contributed by atoms with van der Waals surface area (Å²) in [4.78, 5) is 0.0343. The van der Waals surface area contributed by atoms with E-state index >= 15 is 0 Å². The molecule has 17 heavy (non-hydrogen) atoms. The van der Waals surface area contributed by atoms with E-state index in [2.05, 4.69) is 4.72 Å². The number of rotatable bonds is 5. The van der Waals surface area contributed by atoms with Crippen molar-refractivity contribution in [3.63, 3.8) is 0 Å². The smallest absolute Gasteiger partial charge is 0.241 e. The van der Waals surface area contributed by atoms with E-state index in [1.807, 2.05) is 6.92 Å². The van der Waals surface area contributed by atoms with E-state index in [9.17, 15) is 12.8 Å². The third-order valence-corrected chi connectivity index (χ3v) is 4.39. The normalized spacial score (nSPS) is 15.5. The van der Waals surface area contributed by atoms with Gasteiger partial charge in [0.1, 0.15) is 5.82 Å². The van der Waals surface area contributed by atoms with Crippen molar-refractivity contribution >= 4 is 10.0 Å². The van der Waals surface area contributed by atoms with Crippen molar-refractivity contribution in [3.8, 4) is 0 Å². The minimum absolute atomic E-state index is 0.0343. The Hall–Kier alpha value is -0.980. The molecule has 0 spiro atoms. The Morgan fingerprint density at radius 1 is 1.35 bits per heavy atom. The molecule has 0 fully saturated rings. The summed E-state index contributed by atoms with van der Waals surface area (Å²) in [7, 11) is -3.66. The van der Waals surface area contributed by atoms with Crippen LogP contribution in [0.4, 0.5) is 4.39 Å². The maximum atomic E-state index is 12.7. The number of nitrogens with two attached hydrogens (primary N) is 1. The van der Waals surface area contributed by atoms with Gasteiger partial charge >= 0.3 is 0 Å². The Bertz CT molecular complexity index is 467. The first-order chi connectivity index (χ1) is 7.83. The molecule has 1 atom stereocenters. The molecule has 0 bridgehead atoms. The van der Waals surface area contributed by atoms with Gasteiger partial charge in [0.05, 0.1) is 4.90 Å². The number of halogens is 1. The molecule has 1 rings (SSSR count). The van der Waals surface area contributed by atoms with E-state index in [1.165, 1.54) is 12.1 Å². The van der Waals surface area contributed by atoms with Crippen molar-refractivity contribution in [1.29, 1.82) is 0 Å². The quantitative estimate of drug-likeness (QED) is 0.836. The zero-order chi connectivity index (χ0) is 13.1. The average molecular weight is 260 g/mol. The molecule has 1 aromatic rings. The number of nitrogens with one attached hydrogen (secondary N) is 1. The number of hydrogen-bond acceptors (Lipinski definition) is 3. The Morgan fingerprint density at radius 3 is 2.29 bits per heavy atom. The standard InChI is InChI=1S/C11H17FN2O2S/c1-3-11(2,8-13)14-17(15,16)10-6-4-9(12)5-7-10/h4-7,14H,3,8,13H2,1-2H3. The number of hydrogen-bond donors (Lipinski definition) is 2. The van der Waals surface area contributed by atoms with E-state index in [0.29, 0.717) is 6.42 Å². The van der Waals surface area contributed by atoms with Crippen molar-refractivity contribution in [2.24, 2.45) is 5.73 Å². The van der Waals surface area contributed by atoms with Crippen LogP contribution >= 0.6 is 0 Å². The lowest BCUT2D eigenvalue weighted by molar-refractivity contribution is 0.411. The van der Waals surface area contributed by atoms with Gasteiger partial charge in [-0.1, -0.05) is 6.92 Å². The van der Waals surface area contributed by atoms with Gasteiger partial charge in [0.2, 0.25) is 10.0 Å². The van der Waals surface area contributed by atoms with Crippen LogP contribution < -0.4 is 10.5 Å². The third-order valence-electron chi connectivity index (χ3n) is 2.74. The van der Waals surface area contributed by atoms with Gasteiger partial charge in [0.15, 0.2) is 0 Å². The molecule has 0 aliphatic heterocycles. The molecule has 0 radical (unpaired) electrons. The zero-order valence-electron chi connectivity index (χ0n) is 9.90. The highest BCUT2D eigenvalue weighted by atomic mass is 32.2. The van der Waals surface area contributed by atoms with Crippen molar-refractivity contribution < 1.29 is 12.8 Å². The molecule has 1 aromatic carbocycles. The van der Waals surface area contributed by atoms with Gasteiger partial charge in [0, 0.05) is 12.1 Å². The monoisotopic (exact) mass is 260 g/mol. The van der Waals surface area contributed by atoms with Crippen LogP contribution in [0.25, 0.3) is 0 Å². The highest BCUT2D eigenvalue weighted by Gasteiger charge is 2.27. The van der Waals surface area contributed by atoms with Crippen LogP contribution in [0.15, 0.2) is 29.2 Å². The van der Waals surface area contributed by atoms with Gasteiger partial charge in [-0.2, -0.15) is 0 Å². The second-order valence-corrected chi connectivity index (χ2v) is 5.86. The summed E-state index contributed by atoms with van der Waals surface area (Å²) < 4.78 is 39.2. The highest BCUT2D eigenvalue weighted by Crippen LogP contribution is 2.15. The molecule has 3 N–H and O–H groups in total. The maximum Gasteiger partial charge on any atom is 0.241 e. The first-order valence-electron chi connectivity index (χ1n) is 5.32. The first-order valence-corrected chi connectivity index (χ1v) is 6.81. The molecule has 6 heteroatoms. The first kappa shape index (κ1) is 14.1. The Kier molecular flexibility index (Phi) is 4.24. The van der Waals surface area contributed by atoms with Crippen LogP contribution in [0, 0.1) is 5.82 Å². The van der Waals surface area contributed by atoms with Crippen molar-refractivity contribution in [3.05, 3.63) is 30.1 Å². The summed E-state index contributed by atoms with van der Waals surface area (Å²) in [6.45, 7) is 3.78. The summed E-state index contributed by atoms with van der Waals surface area (Å²) in [5.74, 6) is -0.471. The lowest BCUT2D eigenvalue weighted by Gasteiger charge is -2.27. The molecule has 0 aromatic heterocycles. The van der Waals surface area contributed by atoms with Gasteiger partial charge in [0.25, 0.3) is 0 Å². The largest absolute Gasteiger partial charge is 0.329 e. The minimum atomic E-state index is -3.66. The molecular formula is C11H17FN2O2S. The fourth-order valence-corrected chi connectivity index (χ4v) is 2.74. The predicted molar refractivity (Wildman–Crippen MR) is 64.5 cm³/mol.